The number of nitrogens with zero attached hydrogens (tertiary/aromatic N) is 1. The number of likely N-dealkylation sites (N-methyl/N-ethyl adjacent to an activating group) is 1. The molecule has 2 atom stereocenters. The van der Waals surface area contributed by atoms with Crippen LogP contribution in [-0.4, -0.2) is 31.1 Å². The lowest BCUT2D eigenvalue weighted by atomic mass is 9.92. The summed E-state index contributed by atoms with van der Waals surface area (Å²) in [5, 5.41) is 0. The summed E-state index contributed by atoms with van der Waals surface area (Å²) in [6.45, 7) is 0.905. The van der Waals surface area contributed by atoms with E-state index in [-0.39, 0.29) is 0 Å². The van der Waals surface area contributed by atoms with Crippen molar-refractivity contribution in [2.45, 2.75) is 57.2 Å². The van der Waals surface area contributed by atoms with Crippen LogP contribution in [0.2, 0.25) is 0 Å². The zero-order chi connectivity index (χ0) is 14.4. The van der Waals surface area contributed by atoms with Crippen LogP contribution < -0.4 is 10.5 Å². The van der Waals surface area contributed by atoms with Gasteiger partial charge in [0.1, 0.15) is 5.75 Å². The second-order valence-electron chi connectivity index (χ2n) is 5.95. The molecule has 0 saturated heterocycles. The Balaban J connectivity index is 2.03. The van der Waals surface area contributed by atoms with Crippen molar-refractivity contribution in [1.82, 2.24) is 4.90 Å². The molecule has 0 spiro atoms. The van der Waals surface area contributed by atoms with Crippen molar-refractivity contribution in [2.75, 3.05) is 14.2 Å². The summed E-state index contributed by atoms with van der Waals surface area (Å²) in [4.78, 5) is 2.41. The normalized spacial score (nSPS) is 24.2. The van der Waals surface area contributed by atoms with Gasteiger partial charge in [-0.1, -0.05) is 43.9 Å². The smallest absolute Gasteiger partial charge is 0.123 e. The van der Waals surface area contributed by atoms with Crippen molar-refractivity contribution in [3.63, 3.8) is 0 Å². The van der Waals surface area contributed by atoms with E-state index in [1.165, 1.54) is 37.7 Å². The molecular weight excluding hydrogens is 248 g/mol. The predicted octanol–water partition coefficient (Wildman–Crippen LogP) is 3.18. The molecule has 2 unspecified atom stereocenters. The molecule has 2 N–H and O–H groups in total. The standard InChI is InChI=1S/C17H28N2O/c1-19(13-14-9-7-8-12-17(14)20-2)16-11-6-4-3-5-10-15(16)18/h7-9,12,15-16H,3-6,10-11,13,18H2,1-2H3. The molecule has 20 heavy (non-hydrogen) atoms. The van der Waals surface area contributed by atoms with E-state index in [2.05, 4.69) is 24.1 Å². The zero-order valence-corrected chi connectivity index (χ0v) is 12.8. The highest BCUT2D eigenvalue weighted by molar-refractivity contribution is 5.33. The zero-order valence-electron chi connectivity index (χ0n) is 12.8. The maximum Gasteiger partial charge on any atom is 0.123 e. The quantitative estimate of drug-likeness (QED) is 0.918. The molecule has 1 saturated carbocycles. The van der Waals surface area contributed by atoms with Crippen LogP contribution in [0, 0.1) is 0 Å². The van der Waals surface area contributed by atoms with E-state index in [1.54, 1.807) is 7.11 Å². The predicted molar refractivity (Wildman–Crippen MR) is 83.9 cm³/mol. The lowest BCUT2D eigenvalue weighted by Crippen LogP contribution is -2.46. The fraction of sp³-hybridized carbons (Fsp3) is 0.647. The Morgan fingerprint density at radius 1 is 1.15 bits per heavy atom. The first-order valence-corrected chi connectivity index (χ1v) is 7.80. The van der Waals surface area contributed by atoms with E-state index in [0.29, 0.717) is 12.1 Å². The first-order valence-electron chi connectivity index (χ1n) is 7.80. The molecule has 0 aliphatic heterocycles. The van der Waals surface area contributed by atoms with Gasteiger partial charge in [-0.25, -0.2) is 0 Å². The van der Waals surface area contributed by atoms with Crippen molar-refractivity contribution in [1.29, 1.82) is 0 Å². The van der Waals surface area contributed by atoms with Gasteiger partial charge in [0.2, 0.25) is 0 Å². The first kappa shape index (κ1) is 15.3. The number of ether oxygens (including phenoxy) is 1. The van der Waals surface area contributed by atoms with Gasteiger partial charge in [0, 0.05) is 24.2 Å². The highest BCUT2D eigenvalue weighted by atomic mass is 16.5. The van der Waals surface area contributed by atoms with Gasteiger partial charge in [-0.05, 0) is 26.0 Å². The molecule has 0 radical (unpaired) electrons. The van der Waals surface area contributed by atoms with Crippen LogP contribution in [-0.2, 0) is 6.54 Å². The molecule has 1 aliphatic rings. The summed E-state index contributed by atoms with van der Waals surface area (Å²) < 4.78 is 5.45. The minimum atomic E-state index is 0.301. The van der Waals surface area contributed by atoms with E-state index in [9.17, 15) is 0 Å². The van der Waals surface area contributed by atoms with Gasteiger partial charge in [-0.2, -0.15) is 0 Å². The molecule has 1 aliphatic carbocycles. The van der Waals surface area contributed by atoms with Crippen LogP contribution in [0.25, 0.3) is 0 Å². The fourth-order valence-electron chi connectivity index (χ4n) is 3.26. The topological polar surface area (TPSA) is 38.5 Å². The van der Waals surface area contributed by atoms with Crippen LogP contribution in [0.3, 0.4) is 0 Å². The minimum Gasteiger partial charge on any atom is -0.496 e. The Kier molecular flexibility index (Phi) is 5.86. The first-order chi connectivity index (χ1) is 9.72. The number of benzene rings is 1. The van der Waals surface area contributed by atoms with E-state index in [0.717, 1.165) is 18.7 Å². The van der Waals surface area contributed by atoms with Gasteiger partial charge < -0.3 is 10.5 Å². The molecule has 1 aromatic rings. The van der Waals surface area contributed by atoms with Crippen molar-refractivity contribution in [2.24, 2.45) is 5.73 Å². The fourth-order valence-corrected chi connectivity index (χ4v) is 3.26. The number of methoxy groups -OCH3 is 1. The van der Waals surface area contributed by atoms with Crippen LogP contribution in [0.5, 0.6) is 5.75 Å². The highest BCUT2D eigenvalue weighted by Crippen LogP contribution is 2.24. The van der Waals surface area contributed by atoms with E-state index >= 15 is 0 Å². The Morgan fingerprint density at radius 2 is 1.85 bits per heavy atom. The van der Waals surface area contributed by atoms with Crippen LogP contribution in [0.1, 0.15) is 44.1 Å². The molecule has 0 aromatic heterocycles. The molecule has 0 bridgehead atoms. The van der Waals surface area contributed by atoms with Crippen molar-refractivity contribution < 1.29 is 4.74 Å². The summed E-state index contributed by atoms with van der Waals surface area (Å²) in [6.07, 6.45) is 7.64. The number of hydrogen-bond donors (Lipinski definition) is 1. The van der Waals surface area contributed by atoms with E-state index in [1.807, 2.05) is 12.1 Å². The Bertz CT molecular complexity index is 408. The van der Waals surface area contributed by atoms with Crippen LogP contribution in [0.4, 0.5) is 0 Å². The number of para-hydroxylation sites is 1. The summed E-state index contributed by atoms with van der Waals surface area (Å²) >= 11 is 0. The van der Waals surface area contributed by atoms with E-state index < -0.39 is 0 Å². The summed E-state index contributed by atoms with van der Waals surface area (Å²) in [7, 11) is 3.93. The number of nitrogens with two attached hydrogens (primary N) is 1. The maximum atomic E-state index is 6.40. The SMILES string of the molecule is COc1ccccc1CN(C)C1CCCCCCC1N. The van der Waals surface area contributed by atoms with Crippen LogP contribution in [0.15, 0.2) is 24.3 Å². The minimum absolute atomic E-state index is 0.301. The molecular formula is C17H28N2O. The molecule has 1 fully saturated rings. The van der Waals surface area contributed by atoms with E-state index in [4.69, 9.17) is 10.5 Å². The largest absolute Gasteiger partial charge is 0.496 e. The molecule has 1 aromatic carbocycles. The van der Waals surface area contributed by atoms with Gasteiger partial charge in [-0.15, -0.1) is 0 Å². The van der Waals surface area contributed by atoms with Gasteiger partial charge in [-0.3, -0.25) is 4.90 Å². The third kappa shape index (κ3) is 3.97. The average molecular weight is 276 g/mol. The number of hydrogen-bond acceptors (Lipinski definition) is 3. The van der Waals surface area contributed by atoms with Gasteiger partial charge in [0.05, 0.1) is 7.11 Å². The number of rotatable bonds is 4. The lowest BCUT2D eigenvalue weighted by molar-refractivity contribution is 0.173. The third-order valence-corrected chi connectivity index (χ3v) is 4.46. The van der Waals surface area contributed by atoms with Crippen LogP contribution >= 0.6 is 0 Å². The van der Waals surface area contributed by atoms with Crippen molar-refractivity contribution in [3.05, 3.63) is 29.8 Å². The monoisotopic (exact) mass is 276 g/mol. The lowest BCUT2D eigenvalue weighted by Gasteiger charge is -2.34. The van der Waals surface area contributed by atoms with Crippen molar-refractivity contribution >= 4 is 0 Å². The third-order valence-electron chi connectivity index (χ3n) is 4.46. The Morgan fingerprint density at radius 3 is 2.60 bits per heavy atom. The second kappa shape index (κ2) is 7.65. The molecule has 112 valence electrons. The molecule has 0 amide bonds. The summed E-state index contributed by atoms with van der Waals surface area (Å²) in [6, 6.07) is 9.05. The second-order valence-corrected chi connectivity index (χ2v) is 5.95. The maximum absolute atomic E-state index is 6.40. The molecule has 2 rings (SSSR count). The molecule has 0 heterocycles. The van der Waals surface area contributed by atoms with Gasteiger partial charge >= 0.3 is 0 Å². The summed E-state index contributed by atoms with van der Waals surface area (Å²) in [5.74, 6) is 0.971. The Labute approximate surface area is 123 Å². The average Bonchev–Trinajstić information content (AvgIpc) is 2.43. The highest BCUT2D eigenvalue weighted by Gasteiger charge is 2.23. The molecule has 3 heteroatoms. The molecule has 3 nitrogen and oxygen atoms in total. The Hall–Kier alpha value is -1.06. The van der Waals surface area contributed by atoms with Crippen molar-refractivity contribution in [3.8, 4) is 5.75 Å². The summed E-state index contributed by atoms with van der Waals surface area (Å²) in [5.41, 5.74) is 7.64. The van der Waals surface area contributed by atoms with Gasteiger partial charge in [0.25, 0.3) is 0 Å². The van der Waals surface area contributed by atoms with Gasteiger partial charge in [0.15, 0.2) is 0 Å².